The molecule has 1 amide bonds. The first-order valence-corrected chi connectivity index (χ1v) is 13.7. The van der Waals surface area contributed by atoms with E-state index < -0.39 is 66.6 Å². The maximum atomic E-state index is 13.1. The zero-order valence-corrected chi connectivity index (χ0v) is 22.5. The molecule has 214 valence electrons. The van der Waals surface area contributed by atoms with E-state index in [-0.39, 0.29) is 18.7 Å². The maximum absolute atomic E-state index is 13.1. The standard InChI is InChI=1S/C25H34FN5O7S/c1-11-8-15(31-16(32)9-14-10-39-24(30-14)29-13-6-4-12(26)5-7-13)25(35)23(36-11)37-22-20(34)17(27-2)19(33)18(28-3)21(22)38-25/h4-7,10-11,15,17-23,27-28,33-35H,8-9H2,1-3H3,(H,29,30)(H,31,32)/t11-,15-,17-,18+,19+,20-,21?,22?,23?,25+/m1/s1. The number of aromatic nitrogens is 1. The lowest BCUT2D eigenvalue weighted by Crippen LogP contribution is -2.79. The second kappa shape index (κ2) is 11.3. The summed E-state index contributed by atoms with van der Waals surface area (Å²) in [5.41, 5.74) is 1.18. The molecule has 2 aliphatic heterocycles. The Morgan fingerprint density at radius 3 is 2.54 bits per heavy atom. The van der Waals surface area contributed by atoms with Gasteiger partial charge < -0.3 is 50.8 Å². The Balaban J connectivity index is 1.28. The second-order valence-corrected chi connectivity index (χ2v) is 11.0. The van der Waals surface area contributed by atoms with Gasteiger partial charge >= 0.3 is 0 Å². The van der Waals surface area contributed by atoms with Crippen LogP contribution >= 0.6 is 11.3 Å². The number of hydrogen-bond donors (Lipinski definition) is 7. The molecule has 1 aromatic heterocycles. The third-order valence-corrected chi connectivity index (χ3v) is 8.28. The quantitative estimate of drug-likeness (QED) is 0.232. The van der Waals surface area contributed by atoms with E-state index in [0.717, 1.165) is 0 Å². The summed E-state index contributed by atoms with van der Waals surface area (Å²) >= 11 is 1.30. The Bertz CT molecular complexity index is 1160. The van der Waals surface area contributed by atoms with E-state index in [1.54, 1.807) is 38.5 Å². The van der Waals surface area contributed by atoms with E-state index in [1.807, 2.05) is 0 Å². The number of fused-ring (bicyclic) bond motifs is 2. The van der Waals surface area contributed by atoms with Crippen molar-refractivity contribution < 1.29 is 38.7 Å². The number of hydrogen-bond acceptors (Lipinski definition) is 12. The summed E-state index contributed by atoms with van der Waals surface area (Å²) in [5.74, 6) is -2.80. The van der Waals surface area contributed by atoms with Crippen LogP contribution in [0.1, 0.15) is 19.0 Å². The van der Waals surface area contributed by atoms with Crippen molar-refractivity contribution in [1.29, 1.82) is 0 Å². The molecule has 3 aliphatic rings. The predicted octanol–water partition coefficient (Wildman–Crippen LogP) is -0.428. The van der Waals surface area contributed by atoms with E-state index in [0.29, 0.717) is 16.5 Å². The van der Waals surface area contributed by atoms with Crippen molar-refractivity contribution in [3.63, 3.8) is 0 Å². The SMILES string of the molecule is CN[C@@H]1[C@H](O)[C@H](NC)C2O[C@]3(O)C(OC2[C@@H]1O)O[C@H](C)C[C@H]3NC(=O)Cc1csc(Nc2ccc(F)cc2)n1. The highest BCUT2D eigenvalue weighted by Crippen LogP contribution is 2.42. The summed E-state index contributed by atoms with van der Waals surface area (Å²) in [6.45, 7) is 1.79. The number of nitrogens with zero attached hydrogens (tertiary/aromatic N) is 1. The fraction of sp³-hybridized carbons (Fsp3) is 0.600. The summed E-state index contributed by atoms with van der Waals surface area (Å²) < 4.78 is 31.2. The molecule has 1 saturated carbocycles. The van der Waals surface area contributed by atoms with Gasteiger partial charge in [0.25, 0.3) is 0 Å². The van der Waals surface area contributed by atoms with Crippen molar-refractivity contribution in [2.75, 3.05) is 19.4 Å². The van der Waals surface area contributed by atoms with Gasteiger partial charge in [-0.25, -0.2) is 9.37 Å². The zero-order valence-electron chi connectivity index (χ0n) is 21.7. The minimum Gasteiger partial charge on any atom is -0.390 e. The summed E-state index contributed by atoms with van der Waals surface area (Å²) in [6, 6.07) is 3.57. The van der Waals surface area contributed by atoms with Gasteiger partial charge in [0.2, 0.25) is 18.0 Å². The van der Waals surface area contributed by atoms with Gasteiger partial charge in [0, 0.05) is 11.1 Å². The first-order valence-electron chi connectivity index (χ1n) is 12.8. The number of carbonyl (C=O) groups excluding carboxylic acids is 1. The average Bonchev–Trinajstić information content (AvgIpc) is 3.32. The fourth-order valence-corrected chi connectivity index (χ4v) is 6.26. The van der Waals surface area contributed by atoms with Crippen LogP contribution in [-0.4, -0.2) is 101 Å². The lowest BCUT2D eigenvalue weighted by atomic mass is 9.79. The second-order valence-electron chi connectivity index (χ2n) is 10.1. The number of thiazole rings is 1. The number of likely N-dealkylation sites (N-methyl/N-ethyl adjacent to an activating group) is 2. The number of benzene rings is 1. The molecule has 3 fully saturated rings. The van der Waals surface area contributed by atoms with E-state index in [2.05, 4.69) is 26.3 Å². The van der Waals surface area contributed by atoms with E-state index in [9.17, 15) is 24.5 Å². The van der Waals surface area contributed by atoms with Gasteiger partial charge in [0.15, 0.2) is 5.13 Å². The Morgan fingerprint density at radius 1 is 1.13 bits per heavy atom. The van der Waals surface area contributed by atoms with Gasteiger partial charge in [0.05, 0.1) is 42.4 Å². The van der Waals surface area contributed by atoms with Crippen LogP contribution in [0, 0.1) is 5.82 Å². The predicted molar refractivity (Wildman–Crippen MR) is 139 cm³/mol. The minimum absolute atomic E-state index is 0.0542. The van der Waals surface area contributed by atoms with Crippen LogP contribution in [0.4, 0.5) is 15.2 Å². The molecule has 3 unspecified atom stereocenters. The van der Waals surface area contributed by atoms with E-state index >= 15 is 0 Å². The van der Waals surface area contributed by atoms with Crippen LogP contribution in [0.25, 0.3) is 0 Å². The first-order chi connectivity index (χ1) is 18.6. The molecular formula is C25H34FN5O7S. The Kier molecular flexibility index (Phi) is 8.20. The van der Waals surface area contributed by atoms with Crippen LogP contribution in [-0.2, 0) is 25.4 Å². The van der Waals surface area contributed by atoms with Crippen molar-refractivity contribution in [3.8, 4) is 0 Å². The molecule has 39 heavy (non-hydrogen) atoms. The van der Waals surface area contributed by atoms with E-state index in [4.69, 9.17) is 14.2 Å². The zero-order chi connectivity index (χ0) is 27.9. The molecule has 0 radical (unpaired) electrons. The summed E-state index contributed by atoms with van der Waals surface area (Å²) in [5, 5.41) is 47.5. The monoisotopic (exact) mass is 567 g/mol. The number of halogens is 1. The fourth-order valence-electron chi connectivity index (χ4n) is 5.53. The topological polar surface area (TPSA) is 166 Å². The molecule has 0 spiro atoms. The molecular weight excluding hydrogens is 533 g/mol. The third-order valence-electron chi connectivity index (χ3n) is 7.48. The van der Waals surface area contributed by atoms with Gasteiger partial charge in [-0.15, -0.1) is 11.3 Å². The number of ether oxygens (including phenoxy) is 3. The summed E-state index contributed by atoms with van der Waals surface area (Å²) in [7, 11) is 3.26. The van der Waals surface area contributed by atoms with Crippen LogP contribution < -0.4 is 21.3 Å². The van der Waals surface area contributed by atoms with Gasteiger partial charge in [-0.2, -0.15) is 0 Å². The Hall–Kier alpha value is -2.27. The highest BCUT2D eigenvalue weighted by Gasteiger charge is 2.63. The first kappa shape index (κ1) is 28.3. The molecule has 0 bridgehead atoms. The van der Waals surface area contributed by atoms with Crippen LogP contribution in [0.15, 0.2) is 29.6 Å². The number of nitrogens with one attached hydrogen (secondary N) is 4. The maximum Gasteiger partial charge on any atom is 0.239 e. The summed E-state index contributed by atoms with van der Waals surface area (Å²) in [4.78, 5) is 17.5. The molecule has 1 aliphatic carbocycles. The molecule has 3 heterocycles. The number of aliphatic hydroxyl groups is 3. The molecule has 2 saturated heterocycles. The lowest BCUT2D eigenvalue weighted by molar-refractivity contribution is -0.449. The largest absolute Gasteiger partial charge is 0.390 e. The Morgan fingerprint density at radius 2 is 1.85 bits per heavy atom. The summed E-state index contributed by atoms with van der Waals surface area (Å²) in [6.07, 6.45) is -5.50. The average molecular weight is 568 g/mol. The lowest BCUT2D eigenvalue weighted by Gasteiger charge is -2.58. The minimum atomic E-state index is -2.07. The highest BCUT2D eigenvalue weighted by molar-refractivity contribution is 7.13. The van der Waals surface area contributed by atoms with Crippen molar-refractivity contribution in [3.05, 3.63) is 41.2 Å². The van der Waals surface area contributed by atoms with Crippen LogP contribution in [0.2, 0.25) is 0 Å². The van der Waals surface area contributed by atoms with Crippen LogP contribution in [0.5, 0.6) is 0 Å². The number of carbonyl (C=O) groups is 1. The number of anilines is 2. The number of amides is 1. The third kappa shape index (κ3) is 5.53. The molecule has 1 aromatic carbocycles. The number of aliphatic hydroxyl groups excluding tert-OH is 2. The van der Waals surface area contributed by atoms with Gasteiger partial charge in [0.1, 0.15) is 24.1 Å². The molecule has 10 atom stereocenters. The van der Waals surface area contributed by atoms with Crippen molar-refractivity contribution in [2.45, 2.75) is 80.5 Å². The van der Waals surface area contributed by atoms with Gasteiger partial charge in [-0.3, -0.25) is 4.79 Å². The molecule has 7 N–H and O–H groups in total. The van der Waals surface area contributed by atoms with Gasteiger partial charge in [-0.1, -0.05) is 0 Å². The highest BCUT2D eigenvalue weighted by atomic mass is 32.1. The van der Waals surface area contributed by atoms with Crippen LogP contribution in [0.3, 0.4) is 0 Å². The van der Waals surface area contributed by atoms with Crippen molar-refractivity contribution >= 4 is 28.1 Å². The number of rotatable bonds is 7. The molecule has 14 heteroatoms. The Labute approximate surface area is 228 Å². The normalized spacial score (nSPS) is 38.0. The molecule has 12 nitrogen and oxygen atoms in total. The van der Waals surface area contributed by atoms with E-state index in [1.165, 1.54) is 23.5 Å². The molecule has 2 aromatic rings. The van der Waals surface area contributed by atoms with Crippen molar-refractivity contribution in [2.24, 2.45) is 0 Å². The van der Waals surface area contributed by atoms with Gasteiger partial charge in [-0.05, 0) is 51.7 Å². The van der Waals surface area contributed by atoms with Crippen molar-refractivity contribution in [1.82, 2.24) is 20.9 Å². The molecule has 5 rings (SSSR count). The smallest absolute Gasteiger partial charge is 0.239 e.